The predicted molar refractivity (Wildman–Crippen MR) is 92.9 cm³/mol. The molecule has 0 unspecified atom stereocenters. The van der Waals surface area contributed by atoms with Gasteiger partial charge in [-0.1, -0.05) is 6.92 Å². The van der Waals surface area contributed by atoms with Gasteiger partial charge in [0.05, 0.1) is 7.11 Å². The van der Waals surface area contributed by atoms with Gasteiger partial charge in [-0.05, 0) is 18.2 Å². The molecule has 2 amide bonds. The molecule has 0 aromatic heterocycles. The molecule has 1 fully saturated rings. The van der Waals surface area contributed by atoms with E-state index < -0.39 is 10.0 Å². The van der Waals surface area contributed by atoms with E-state index in [0.29, 0.717) is 25.2 Å². The fraction of sp³-hybridized carbons (Fsp3) is 0.500. The molecule has 1 N–H and O–H groups in total. The molecule has 1 aromatic carbocycles. The number of carbonyl (C=O) groups is 2. The third-order valence-electron chi connectivity index (χ3n) is 4.00. The normalized spacial score (nSPS) is 15.7. The smallest absolute Gasteiger partial charge is 0.246 e. The number of piperazine rings is 1. The number of hydrogen-bond donors (Lipinski definition) is 1. The zero-order valence-electron chi connectivity index (χ0n) is 14.6. The highest BCUT2D eigenvalue weighted by Crippen LogP contribution is 2.30. The zero-order chi connectivity index (χ0) is 18.6. The van der Waals surface area contributed by atoms with Crippen molar-refractivity contribution in [2.45, 2.75) is 25.2 Å². The van der Waals surface area contributed by atoms with Gasteiger partial charge in [0.15, 0.2) is 0 Å². The van der Waals surface area contributed by atoms with Gasteiger partial charge in [-0.15, -0.1) is 0 Å². The highest BCUT2D eigenvalue weighted by Gasteiger charge is 2.32. The summed E-state index contributed by atoms with van der Waals surface area (Å²) in [5, 5.41) is 2.57. The number of hydrogen-bond acceptors (Lipinski definition) is 5. The van der Waals surface area contributed by atoms with Crippen molar-refractivity contribution in [3.8, 4) is 5.75 Å². The van der Waals surface area contributed by atoms with Crippen LogP contribution >= 0.6 is 0 Å². The Hall–Kier alpha value is -2.13. The number of nitrogens with zero attached hydrogens (tertiary/aromatic N) is 2. The molecule has 1 aromatic rings. The van der Waals surface area contributed by atoms with Crippen LogP contribution in [0.25, 0.3) is 0 Å². The second kappa shape index (κ2) is 7.83. The SMILES string of the molecule is CCC(=O)N1CCN(S(=O)(=O)c2cc(NC(C)=O)ccc2OC)CC1. The minimum Gasteiger partial charge on any atom is -0.495 e. The van der Waals surface area contributed by atoms with Gasteiger partial charge in [0.25, 0.3) is 0 Å². The number of nitrogens with one attached hydrogen (secondary N) is 1. The largest absolute Gasteiger partial charge is 0.495 e. The van der Waals surface area contributed by atoms with E-state index in [9.17, 15) is 18.0 Å². The molecule has 1 aliphatic heterocycles. The second-order valence-corrected chi connectivity index (χ2v) is 7.59. The first-order chi connectivity index (χ1) is 11.8. The first-order valence-electron chi connectivity index (χ1n) is 8.03. The van der Waals surface area contributed by atoms with Crippen LogP contribution in [-0.2, 0) is 19.6 Å². The molecule has 1 heterocycles. The average Bonchev–Trinajstić information content (AvgIpc) is 2.60. The van der Waals surface area contributed by atoms with Gasteiger partial charge in [0.1, 0.15) is 10.6 Å². The summed E-state index contributed by atoms with van der Waals surface area (Å²) in [4.78, 5) is 24.6. The van der Waals surface area contributed by atoms with Gasteiger partial charge in [-0.2, -0.15) is 4.31 Å². The van der Waals surface area contributed by atoms with Gasteiger partial charge >= 0.3 is 0 Å². The highest BCUT2D eigenvalue weighted by atomic mass is 32.2. The van der Waals surface area contributed by atoms with Crippen LogP contribution in [0, 0.1) is 0 Å². The first kappa shape index (κ1) is 19.2. The maximum atomic E-state index is 13.0. The van der Waals surface area contributed by atoms with Crippen molar-refractivity contribution < 1.29 is 22.7 Å². The summed E-state index contributed by atoms with van der Waals surface area (Å²) >= 11 is 0. The van der Waals surface area contributed by atoms with Crippen LogP contribution in [0.2, 0.25) is 0 Å². The second-order valence-electron chi connectivity index (χ2n) is 5.69. The number of ether oxygens (including phenoxy) is 1. The molecule has 0 spiro atoms. The van der Waals surface area contributed by atoms with Crippen molar-refractivity contribution in [1.82, 2.24) is 9.21 Å². The summed E-state index contributed by atoms with van der Waals surface area (Å²) in [6.07, 6.45) is 0.402. The third kappa shape index (κ3) is 4.29. The van der Waals surface area contributed by atoms with Crippen LogP contribution < -0.4 is 10.1 Å². The summed E-state index contributed by atoms with van der Waals surface area (Å²) in [6.45, 7) is 4.30. The Balaban J connectivity index is 2.27. The Morgan fingerprint density at radius 3 is 2.36 bits per heavy atom. The molecule has 2 rings (SSSR count). The van der Waals surface area contributed by atoms with Crippen LogP contribution in [0.3, 0.4) is 0 Å². The van der Waals surface area contributed by atoms with E-state index in [4.69, 9.17) is 4.74 Å². The highest BCUT2D eigenvalue weighted by molar-refractivity contribution is 7.89. The molecule has 138 valence electrons. The minimum atomic E-state index is -3.80. The molecule has 0 saturated carbocycles. The average molecular weight is 369 g/mol. The molecular weight excluding hydrogens is 346 g/mol. The number of methoxy groups -OCH3 is 1. The molecular formula is C16H23N3O5S. The summed E-state index contributed by atoms with van der Waals surface area (Å²) in [7, 11) is -2.41. The lowest BCUT2D eigenvalue weighted by molar-refractivity contribution is -0.132. The van der Waals surface area contributed by atoms with E-state index in [1.54, 1.807) is 17.9 Å². The van der Waals surface area contributed by atoms with Crippen LogP contribution in [0.4, 0.5) is 5.69 Å². The van der Waals surface area contributed by atoms with E-state index in [0.717, 1.165) is 0 Å². The summed E-state index contributed by atoms with van der Waals surface area (Å²) in [5.41, 5.74) is 0.381. The van der Waals surface area contributed by atoms with Crippen molar-refractivity contribution in [3.05, 3.63) is 18.2 Å². The Bertz CT molecular complexity index is 755. The molecule has 1 aliphatic rings. The number of benzene rings is 1. The van der Waals surface area contributed by atoms with Crippen molar-refractivity contribution >= 4 is 27.5 Å². The fourth-order valence-corrected chi connectivity index (χ4v) is 4.30. The molecule has 25 heavy (non-hydrogen) atoms. The Kier molecular flexibility index (Phi) is 6.02. The monoisotopic (exact) mass is 369 g/mol. The maximum absolute atomic E-state index is 13.0. The maximum Gasteiger partial charge on any atom is 0.246 e. The van der Waals surface area contributed by atoms with Gasteiger partial charge in [-0.3, -0.25) is 9.59 Å². The molecule has 0 radical (unpaired) electrons. The Morgan fingerprint density at radius 1 is 1.20 bits per heavy atom. The van der Waals surface area contributed by atoms with Crippen LogP contribution in [-0.4, -0.2) is 62.7 Å². The Morgan fingerprint density at radius 2 is 1.84 bits per heavy atom. The van der Waals surface area contributed by atoms with Crippen LogP contribution in [0.1, 0.15) is 20.3 Å². The standard InChI is InChI=1S/C16H23N3O5S/c1-4-16(21)18-7-9-19(10-8-18)25(22,23)15-11-13(17-12(2)20)5-6-14(15)24-3/h5-6,11H,4,7-10H2,1-3H3,(H,17,20). The zero-order valence-corrected chi connectivity index (χ0v) is 15.4. The molecule has 8 nitrogen and oxygen atoms in total. The van der Waals surface area contributed by atoms with E-state index >= 15 is 0 Å². The Labute approximate surface area is 147 Å². The summed E-state index contributed by atoms with van der Waals surface area (Å²) in [5.74, 6) is -0.0661. The van der Waals surface area contributed by atoms with Crippen LogP contribution in [0.5, 0.6) is 5.75 Å². The lowest BCUT2D eigenvalue weighted by Crippen LogP contribution is -2.50. The van der Waals surface area contributed by atoms with E-state index in [-0.39, 0.29) is 35.5 Å². The molecule has 0 bridgehead atoms. The van der Waals surface area contributed by atoms with Crippen molar-refractivity contribution in [1.29, 1.82) is 0 Å². The lowest BCUT2D eigenvalue weighted by atomic mass is 10.3. The van der Waals surface area contributed by atoms with Gasteiger partial charge in [-0.25, -0.2) is 8.42 Å². The molecule has 0 atom stereocenters. The number of carbonyl (C=O) groups excluding carboxylic acids is 2. The van der Waals surface area contributed by atoms with E-state index in [2.05, 4.69) is 5.32 Å². The summed E-state index contributed by atoms with van der Waals surface area (Å²) < 4.78 is 32.5. The molecule has 0 aliphatic carbocycles. The van der Waals surface area contributed by atoms with Gasteiger partial charge < -0.3 is 15.0 Å². The number of anilines is 1. The van der Waals surface area contributed by atoms with Crippen LogP contribution in [0.15, 0.2) is 23.1 Å². The van der Waals surface area contributed by atoms with Gasteiger partial charge in [0.2, 0.25) is 21.8 Å². The van der Waals surface area contributed by atoms with Crippen molar-refractivity contribution in [2.75, 3.05) is 38.6 Å². The first-order valence-corrected chi connectivity index (χ1v) is 9.47. The third-order valence-corrected chi connectivity index (χ3v) is 5.92. The minimum absolute atomic E-state index is 0.00322. The van der Waals surface area contributed by atoms with E-state index in [1.807, 2.05) is 0 Å². The number of rotatable bonds is 5. The number of amides is 2. The summed E-state index contributed by atoms with van der Waals surface area (Å²) in [6, 6.07) is 4.48. The van der Waals surface area contributed by atoms with Gasteiger partial charge in [0, 0.05) is 45.2 Å². The van der Waals surface area contributed by atoms with Crippen molar-refractivity contribution in [2.24, 2.45) is 0 Å². The molecule has 1 saturated heterocycles. The molecule has 9 heteroatoms. The van der Waals surface area contributed by atoms with E-state index in [1.165, 1.54) is 30.5 Å². The fourth-order valence-electron chi connectivity index (χ4n) is 2.70. The quantitative estimate of drug-likeness (QED) is 0.832. The predicted octanol–water partition coefficient (Wildman–Crippen LogP) is 0.896. The topological polar surface area (TPSA) is 96.0 Å². The lowest BCUT2D eigenvalue weighted by Gasteiger charge is -2.34. The van der Waals surface area contributed by atoms with Crippen molar-refractivity contribution in [3.63, 3.8) is 0 Å². The number of sulfonamides is 1.